The molecule has 6 nitrogen and oxygen atoms in total. The Morgan fingerprint density at radius 1 is 1.29 bits per heavy atom. The molecule has 0 saturated heterocycles. The summed E-state index contributed by atoms with van der Waals surface area (Å²) in [6.45, 7) is 0. The van der Waals surface area contributed by atoms with E-state index < -0.39 is 10.0 Å². The SMILES string of the molecule is Nc1ncc2scc(-c3cccc(CS(N)(=O)=O)c3)c2n1. The average molecular weight is 320 g/mol. The number of aromatic nitrogens is 2. The molecule has 2 aromatic heterocycles. The zero-order valence-electron chi connectivity index (χ0n) is 10.9. The van der Waals surface area contributed by atoms with Gasteiger partial charge in [-0.05, 0) is 17.2 Å². The zero-order chi connectivity index (χ0) is 15.0. The monoisotopic (exact) mass is 320 g/mol. The number of nitrogens with zero attached hydrogens (tertiary/aromatic N) is 2. The molecule has 0 atom stereocenters. The van der Waals surface area contributed by atoms with Gasteiger partial charge in [-0.2, -0.15) is 0 Å². The Bertz CT molecular complexity index is 919. The van der Waals surface area contributed by atoms with Crippen LogP contribution in [0.4, 0.5) is 5.95 Å². The van der Waals surface area contributed by atoms with Crippen LogP contribution < -0.4 is 10.9 Å². The van der Waals surface area contributed by atoms with Crippen LogP contribution in [0.15, 0.2) is 35.8 Å². The van der Waals surface area contributed by atoms with Gasteiger partial charge in [0.05, 0.1) is 22.2 Å². The first kappa shape index (κ1) is 13.9. The lowest BCUT2D eigenvalue weighted by Crippen LogP contribution is -2.14. The fraction of sp³-hybridized carbons (Fsp3) is 0.0769. The Labute approximate surface area is 125 Å². The summed E-state index contributed by atoms with van der Waals surface area (Å²) < 4.78 is 23.3. The van der Waals surface area contributed by atoms with Gasteiger partial charge in [0.25, 0.3) is 0 Å². The Balaban J connectivity index is 2.10. The Morgan fingerprint density at radius 2 is 2.10 bits per heavy atom. The largest absolute Gasteiger partial charge is 0.368 e. The van der Waals surface area contributed by atoms with E-state index in [0.29, 0.717) is 5.56 Å². The number of anilines is 1. The number of hydrogen-bond donors (Lipinski definition) is 2. The van der Waals surface area contributed by atoms with E-state index in [1.54, 1.807) is 24.4 Å². The highest BCUT2D eigenvalue weighted by Crippen LogP contribution is 2.33. The van der Waals surface area contributed by atoms with E-state index in [4.69, 9.17) is 10.9 Å². The molecule has 21 heavy (non-hydrogen) atoms. The minimum atomic E-state index is -3.55. The number of benzene rings is 1. The number of thiophene rings is 1. The maximum absolute atomic E-state index is 11.2. The Hall–Kier alpha value is -2.03. The third-order valence-electron chi connectivity index (χ3n) is 2.94. The maximum atomic E-state index is 11.2. The van der Waals surface area contributed by atoms with Gasteiger partial charge in [-0.1, -0.05) is 18.2 Å². The number of fused-ring (bicyclic) bond motifs is 1. The van der Waals surface area contributed by atoms with E-state index in [1.807, 2.05) is 11.4 Å². The van der Waals surface area contributed by atoms with Crippen molar-refractivity contribution in [3.8, 4) is 11.1 Å². The minimum Gasteiger partial charge on any atom is -0.368 e. The van der Waals surface area contributed by atoms with Crippen molar-refractivity contribution >= 4 is 37.5 Å². The van der Waals surface area contributed by atoms with Crippen molar-refractivity contribution in [2.45, 2.75) is 5.75 Å². The second kappa shape index (κ2) is 5.06. The standard InChI is InChI=1S/C13H12N4O2S2/c14-13-16-5-11-12(17-13)10(6-20-11)9-3-1-2-8(4-9)7-21(15,18)19/h1-6H,7H2,(H2,14,16,17)(H2,15,18,19). The van der Waals surface area contributed by atoms with E-state index >= 15 is 0 Å². The van der Waals surface area contributed by atoms with Gasteiger partial charge in [0.1, 0.15) is 0 Å². The molecule has 0 bridgehead atoms. The fourth-order valence-electron chi connectivity index (χ4n) is 2.11. The van der Waals surface area contributed by atoms with Crippen LogP contribution in [0.5, 0.6) is 0 Å². The van der Waals surface area contributed by atoms with E-state index in [1.165, 1.54) is 11.3 Å². The van der Waals surface area contributed by atoms with E-state index in [2.05, 4.69) is 9.97 Å². The third kappa shape index (κ3) is 3.02. The molecular formula is C13H12N4O2S2. The van der Waals surface area contributed by atoms with Crippen LogP contribution in [-0.4, -0.2) is 18.4 Å². The molecular weight excluding hydrogens is 308 g/mol. The second-order valence-corrected chi connectivity index (χ2v) is 7.12. The molecule has 0 unspecified atom stereocenters. The summed E-state index contributed by atoms with van der Waals surface area (Å²) in [7, 11) is -3.55. The molecule has 2 heterocycles. The highest BCUT2D eigenvalue weighted by molar-refractivity contribution is 7.88. The number of rotatable bonds is 3. The van der Waals surface area contributed by atoms with Crippen molar-refractivity contribution in [1.82, 2.24) is 9.97 Å². The van der Waals surface area contributed by atoms with Crippen molar-refractivity contribution in [2.75, 3.05) is 5.73 Å². The summed E-state index contributed by atoms with van der Waals surface area (Å²) in [5, 5.41) is 7.04. The normalized spacial score (nSPS) is 11.9. The van der Waals surface area contributed by atoms with E-state index in [-0.39, 0.29) is 11.7 Å². The summed E-state index contributed by atoms with van der Waals surface area (Å²) in [4.78, 5) is 8.21. The van der Waals surface area contributed by atoms with Crippen molar-refractivity contribution in [3.05, 3.63) is 41.4 Å². The molecule has 108 valence electrons. The lowest BCUT2D eigenvalue weighted by molar-refractivity contribution is 0.597. The Kier molecular flexibility index (Phi) is 3.36. The molecule has 0 saturated carbocycles. The first-order valence-corrected chi connectivity index (χ1v) is 8.61. The molecule has 3 aromatic rings. The molecule has 8 heteroatoms. The van der Waals surface area contributed by atoms with Gasteiger partial charge >= 0.3 is 0 Å². The molecule has 0 aliphatic rings. The van der Waals surface area contributed by atoms with Crippen LogP contribution in [0.25, 0.3) is 21.3 Å². The number of nitrogen functional groups attached to an aromatic ring is 1. The van der Waals surface area contributed by atoms with Crippen LogP contribution >= 0.6 is 11.3 Å². The summed E-state index contributed by atoms with van der Waals surface area (Å²) >= 11 is 1.51. The van der Waals surface area contributed by atoms with Crippen LogP contribution in [-0.2, 0) is 15.8 Å². The van der Waals surface area contributed by atoms with Gasteiger partial charge in [-0.25, -0.2) is 23.5 Å². The number of nitrogens with two attached hydrogens (primary N) is 2. The molecule has 0 aliphatic carbocycles. The molecule has 0 amide bonds. The van der Waals surface area contributed by atoms with Gasteiger partial charge < -0.3 is 5.73 Å². The average Bonchev–Trinajstić information content (AvgIpc) is 2.80. The lowest BCUT2D eigenvalue weighted by atomic mass is 10.1. The summed E-state index contributed by atoms with van der Waals surface area (Å²) in [6, 6.07) is 7.21. The molecule has 0 fully saturated rings. The molecule has 0 spiro atoms. The van der Waals surface area contributed by atoms with E-state index in [0.717, 1.165) is 21.3 Å². The molecule has 0 radical (unpaired) electrons. The highest BCUT2D eigenvalue weighted by atomic mass is 32.2. The molecule has 4 N–H and O–H groups in total. The zero-order valence-corrected chi connectivity index (χ0v) is 12.5. The smallest absolute Gasteiger partial charge is 0.220 e. The van der Waals surface area contributed by atoms with Gasteiger partial charge in [-0.15, -0.1) is 11.3 Å². The number of sulfonamides is 1. The van der Waals surface area contributed by atoms with Gasteiger partial charge in [0.15, 0.2) is 0 Å². The number of hydrogen-bond acceptors (Lipinski definition) is 6. The lowest BCUT2D eigenvalue weighted by Gasteiger charge is -2.04. The second-order valence-electron chi connectivity index (χ2n) is 4.60. The van der Waals surface area contributed by atoms with Crippen LogP contribution in [0.2, 0.25) is 0 Å². The summed E-state index contributed by atoms with van der Waals surface area (Å²) in [6.07, 6.45) is 1.68. The topological polar surface area (TPSA) is 112 Å². The molecule has 3 rings (SSSR count). The van der Waals surface area contributed by atoms with Crippen molar-refractivity contribution in [1.29, 1.82) is 0 Å². The van der Waals surface area contributed by atoms with Crippen molar-refractivity contribution in [2.24, 2.45) is 5.14 Å². The summed E-state index contributed by atoms with van der Waals surface area (Å²) in [5.41, 5.74) is 8.81. The van der Waals surface area contributed by atoms with Crippen LogP contribution in [0.1, 0.15) is 5.56 Å². The van der Waals surface area contributed by atoms with E-state index in [9.17, 15) is 8.42 Å². The minimum absolute atomic E-state index is 0.194. The first-order valence-electron chi connectivity index (χ1n) is 6.02. The predicted molar refractivity (Wildman–Crippen MR) is 84.1 cm³/mol. The first-order chi connectivity index (χ1) is 9.92. The van der Waals surface area contributed by atoms with Gasteiger partial charge in [-0.3, -0.25) is 0 Å². The number of primary sulfonamides is 1. The quantitative estimate of drug-likeness (QED) is 0.763. The maximum Gasteiger partial charge on any atom is 0.220 e. The Morgan fingerprint density at radius 3 is 2.86 bits per heavy atom. The summed E-state index contributed by atoms with van der Waals surface area (Å²) in [5.74, 6) is 0.0166. The van der Waals surface area contributed by atoms with Crippen LogP contribution in [0.3, 0.4) is 0 Å². The highest BCUT2D eigenvalue weighted by Gasteiger charge is 2.11. The molecule has 0 aliphatic heterocycles. The van der Waals surface area contributed by atoms with Gasteiger partial charge in [0.2, 0.25) is 16.0 Å². The van der Waals surface area contributed by atoms with Crippen molar-refractivity contribution in [3.63, 3.8) is 0 Å². The molecule has 1 aromatic carbocycles. The third-order valence-corrected chi connectivity index (χ3v) is 4.58. The fourth-order valence-corrected chi connectivity index (χ4v) is 3.63. The van der Waals surface area contributed by atoms with Crippen LogP contribution in [0, 0.1) is 0 Å². The van der Waals surface area contributed by atoms with Crippen molar-refractivity contribution < 1.29 is 8.42 Å². The predicted octanol–water partition coefficient (Wildman–Crippen LogP) is 1.73. The van der Waals surface area contributed by atoms with Gasteiger partial charge in [0, 0.05) is 10.9 Å².